The Bertz CT molecular complexity index is 65.9. The quantitative estimate of drug-likeness (QED) is 0.431. The Morgan fingerprint density at radius 2 is 1.00 bits per heavy atom. The second kappa shape index (κ2) is 174. The SMILES string of the molecule is C.N#CO.N#CO. The summed E-state index contributed by atoms with van der Waals surface area (Å²) in [5.74, 6) is 0. The minimum Gasteiger partial charge on any atom is -0.443 e. The number of nitriles is 2. The van der Waals surface area contributed by atoms with Crippen LogP contribution < -0.4 is 0 Å². The van der Waals surface area contributed by atoms with E-state index in [0.717, 1.165) is 12.5 Å². The molecule has 0 heterocycles. The van der Waals surface area contributed by atoms with Crippen LogP contribution in [0.4, 0.5) is 0 Å². The molecule has 4 nitrogen and oxygen atoms in total. The van der Waals surface area contributed by atoms with Crippen molar-refractivity contribution in [3.05, 3.63) is 0 Å². The van der Waals surface area contributed by atoms with Gasteiger partial charge in [-0.25, -0.2) is 0 Å². The molecular weight excluding hydrogens is 96.0 g/mol. The van der Waals surface area contributed by atoms with Crippen LogP contribution in [-0.2, 0) is 0 Å². The predicted molar refractivity (Wildman–Crippen MR) is 21.8 cm³/mol. The largest absolute Gasteiger partial charge is 0.443 e. The topological polar surface area (TPSA) is 88.0 Å². The van der Waals surface area contributed by atoms with Gasteiger partial charge in [-0.15, -0.1) is 0 Å². The summed E-state index contributed by atoms with van der Waals surface area (Å²) in [6.07, 6.45) is 1.50. The van der Waals surface area contributed by atoms with Crippen LogP contribution in [-0.4, -0.2) is 10.2 Å². The lowest BCUT2D eigenvalue weighted by Crippen LogP contribution is -1.27. The Morgan fingerprint density at radius 1 is 1.00 bits per heavy atom. The maximum absolute atomic E-state index is 6.88. The zero-order valence-corrected chi connectivity index (χ0v) is 2.79. The normalized spacial score (nSPS) is 2.00. The Kier molecular flexibility index (Phi) is 438. The first-order valence-electron chi connectivity index (χ1n) is 0.894. The van der Waals surface area contributed by atoms with Gasteiger partial charge in [-0.3, -0.25) is 0 Å². The van der Waals surface area contributed by atoms with Crippen molar-refractivity contribution in [2.45, 2.75) is 7.43 Å². The smallest absolute Gasteiger partial charge is 0.283 e. The fourth-order valence-electron chi connectivity index (χ4n) is 0. The Labute approximate surface area is 41.9 Å². The highest BCUT2D eigenvalue weighted by Gasteiger charge is 1.16. The van der Waals surface area contributed by atoms with Crippen molar-refractivity contribution in [1.82, 2.24) is 0 Å². The summed E-state index contributed by atoms with van der Waals surface area (Å²) in [6, 6.07) is 0. The van der Waals surface area contributed by atoms with Gasteiger partial charge in [0.25, 0.3) is 12.5 Å². The summed E-state index contributed by atoms with van der Waals surface area (Å²) < 4.78 is 0. The van der Waals surface area contributed by atoms with Crippen molar-refractivity contribution < 1.29 is 10.2 Å². The maximum atomic E-state index is 6.88. The molecule has 0 unspecified atom stereocenters. The molecular formula is C3H6N2O2. The maximum Gasteiger partial charge on any atom is 0.283 e. The van der Waals surface area contributed by atoms with Crippen molar-refractivity contribution in [3.8, 4) is 12.5 Å². The Balaban J connectivity index is -0.0000000400. The zero-order valence-electron chi connectivity index (χ0n) is 2.79. The second-order valence-electron chi connectivity index (χ2n) is 0.200. The van der Waals surface area contributed by atoms with Gasteiger partial charge in [-0.1, -0.05) is 7.43 Å². The van der Waals surface area contributed by atoms with Gasteiger partial charge in [0.15, 0.2) is 0 Å². The molecule has 0 fully saturated rings. The fraction of sp³-hybridized carbons (Fsp3) is 0.333. The number of hydrogen-bond acceptors (Lipinski definition) is 4. The average molecular weight is 102 g/mol. The molecule has 0 spiro atoms. The lowest BCUT2D eigenvalue weighted by Gasteiger charge is -1.25. The summed E-state index contributed by atoms with van der Waals surface area (Å²) in [4.78, 5) is 0. The van der Waals surface area contributed by atoms with Crippen molar-refractivity contribution in [2.24, 2.45) is 0 Å². The lowest BCUT2D eigenvalue weighted by molar-refractivity contribution is 0.502. The molecule has 0 radical (unpaired) electrons. The summed E-state index contributed by atoms with van der Waals surface area (Å²) in [5, 5.41) is 27.5. The van der Waals surface area contributed by atoms with Gasteiger partial charge in [0.2, 0.25) is 0 Å². The van der Waals surface area contributed by atoms with Crippen molar-refractivity contribution in [1.29, 1.82) is 10.5 Å². The van der Waals surface area contributed by atoms with Crippen molar-refractivity contribution >= 4 is 0 Å². The second-order valence-corrected chi connectivity index (χ2v) is 0.200. The van der Waals surface area contributed by atoms with Crippen LogP contribution in [0.2, 0.25) is 0 Å². The molecule has 0 aliphatic carbocycles. The van der Waals surface area contributed by atoms with E-state index in [1.807, 2.05) is 0 Å². The molecule has 0 amide bonds. The van der Waals surface area contributed by atoms with Gasteiger partial charge >= 0.3 is 0 Å². The molecule has 0 bridgehead atoms. The molecule has 0 aromatic heterocycles. The molecule has 40 valence electrons. The van der Waals surface area contributed by atoms with Crippen LogP contribution in [0.1, 0.15) is 7.43 Å². The van der Waals surface area contributed by atoms with Crippen molar-refractivity contribution in [2.75, 3.05) is 0 Å². The van der Waals surface area contributed by atoms with Crippen LogP contribution >= 0.6 is 0 Å². The molecule has 0 rings (SSSR count). The monoisotopic (exact) mass is 102 g/mol. The molecule has 0 saturated heterocycles. The van der Waals surface area contributed by atoms with E-state index >= 15 is 0 Å². The van der Waals surface area contributed by atoms with E-state index in [1.165, 1.54) is 0 Å². The molecule has 7 heavy (non-hydrogen) atoms. The number of nitrogens with zero attached hydrogens (tertiary/aromatic N) is 2. The average Bonchev–Trinajstić information content (AvgIpc) is 1.39. The van der Waals surface area contributed by atoms with Crippen LogP contribution in [0.3, 0.4) is 0 Å². The van der Waals surface area contributed by atoms with Crippen LogP contribution in [0.5, 0.6) is 0 Å². The van der Waals surface area contributed by atoms with Gasteiger partial charge in [0.05, 0.1) is 0 Å². The van der Waals surface area contributed by atoms with Crippen LogP contribution in [0.15, 0.2) is 0 Å². The van der Waals surface area contributed by atoms with E-state index in [0.29, 0.717) is 0 Å². The molecule has 0 saturated carbocycles. The van der Waals surface area contributed by atoms with Crippen LogP contribution in [0.25, 0.3) is 0 Å². The first kappa shape index (κ1) is 17.6. The first-order valence-corrected chi connectivity index (χ1v) is 0.894. The van der Waals surface area contributed by atoms with Gasteiger partial charge in [0, 0.05) is 0 Å². The van der Waals surface area contributed by atoms with E-state index < -0.39 is 0 Å². The highest BCUT2D eigenvalue weighted by atomic mass is 16.2. The standard InChI is InChI=1S/2CHNO.CH4/c2*2-1-3;/h2*3H;1H4. The number of aliphatic hydroxyl groups excluding tert-OH is 2. The molecule has 0 atom stereocenters. The Morgan fingerprint density at radius 3 is 1.00 bits per heavy atom. The van der Waals surface area contributed by atoms with E-state index in [9.17, 15) is 0 Å². The van der Waals surface area contributed by atoms with E-state index in [4.69, 9.17) is 20.7 Å². The third-order valence-corrected chi connectivity index (χ3v) is 0. The molecule has 2 N–H and O–H groups in total. The molecule has 0 aromatic carbocycles. The highest BCUT2D eigenvalue weighted by molar-refractivity contribution is 4.31. The van der Waals surface area contributed by atoms with Crippen molar-refractivity contribution in [3.63, 3.8) is 0 Å². The number of hydrogen-bond donors (Lipinski definition) is 2. The van der Waals surface area contributed by atoms with E-state index in [1.54, 1.807) is 0 Å². The predicted octanol–water partition coefficient (Wildman–Crippen LogP) is 0.316. The lowest BCUT2D eigenvalue weighted by atomic mass is 11.6. The zero-order chi connectivity index (χ0) is 5.41. The summed E-state index contributed by atoms with van der Waals surface area (Å²) in [5.41, 5.74) is 0. The molecule has 0 aliphatic heterocycles. The number of aliphatic hydroxyl groups is 2. The van der Waals surface area contributed by atoms with Gasteiger partial charge in [-0.05, 0) is 0 Å². The van der Waals surface area contributed by atoms with Gasteiger partial charge in [0.1, 0.15) is 0 Å². The van der Waals surface area contributed by atoms with E-state index in [2.05, 4.69) is 0 Å². The van der Waals surface area contributed by atoms with Gasteiger partial charge < -0.3 is 10.2 Å². The number of rotatable bonds is 0. The third-order valence-electron chi connectivity index (χ3n) is 0. The molecule has 4 heteroatoms. The Hall–Kier alpha value is -1.42. The minimum atomic E-state index is 0. The summed E-state index contributed by atoms with van der Waals surface area (Å²) in [6.45, 7) is 0. The van der Waals surface area contributed by atoms with Gasteiger partial charge in [-0.2, -0.15) is 10.5 Å². The third kappa shape index (κ3) is 15.1. The van der Waals surface area contributed by atoms with E-state index in [-0.39, 0.29) is 7.43 Å². The summed E-state index contributed by atoms with van der Waals surface area (Å²) in [7, 11) is 0. The highest BCUT2D eigenvalue weighted by Crippen LogP contribution is 1.06. The fourth-order valence-corrected chi connectivity index (χ4v) is 0. The summed E-state index contributed by atoms with van der Waals surface area (Å²) >= 11 is 0. The first-order chi connectivity index (χ1) is 2.83. The van der Waals surface area contributed by atoms with Crippen LogP contribution in [0, 0.1) is 23.0 Å². The molecule has 0 aliphatic rings. The molecule has 0 aromatic rings. The minimum absolute atomic E-state index is 0.